The molecule has 3 amide bonds. The first-order chi connectivity index (χ1) is 16.1. The van der Waals surface area contributed by atoms with Gasteiger partial charge in [0.1, 0.15) is 0 Å². The van der Waals surface area contributed by atoms with E-state index in [1.807, 2.05) is 30.3 Å². The Hall–Kier alpha value is -2.48. The number of benzene rings is 2. The standard InChI is InChI=1S/C24H31Cl2N5O2/c25-11-16-31(17-12-26)22-8-6-19(7-9-22)28-24(33)29-21-5-3-4-20(18-21)27-23(32)10-15-30-13-1-2-14-30/h3-9,18H,1-2,10-17H2,(H,27,32)(H2,28,29,33). The number of carbonyl (C=O) groups excluding carboxylic acids is 2. The van der Waals surface area contributed by atoms with Gasteiger partial charge in [0.05, 0.1) is 0 Å². The fourth-order valence-corrected chi connectivity index (χ4v) is 4.20. The van der Waals surface area contributed by atoms with Crippen LogP contribution < -0.4 is 20.9 Å². The maximum absolute atomic E-state index is 12.4. The van der Waals surface area contributed by atoms with Crippen molar-refractivity contribution in [3.05, 3.63) is 48.5 Å². The summed E-state index contributed by atoms with van der Waals surface area (Å²) in [6.45, 7) is 4.33. The predicted octanol–water partition coefficient (Wildman–Crippen LogP) is 5.04. The van der Waals surface area contributed by atoms with E-state index in [1.165, 1.54) is 12.8 Å². The summed E-state index contributed by atoms with van der Waals surface area (Å²) < 4.78 is 0. The quantitative estimate of drug-likeness (QED) is 0.384. The number of likely N-dealkylation sites (tertiary alicyclic amines) is 1. The number of nitrogens with zero attached hydrogens (tertiary/aromatic N) is 2. The first kappa shape index (κ1) is 25.1. The highest BCUT2D eigenvalue weighted by molar-refractivity contribution is 6.18. The molecule has 1 aliphatic heterocycles. The highest BCUT2D eigenvalue weighted by atomic mass is 35.5. The van der Waals surface area contributed by atoms with Crippen LogP contribution in [0.3, 0.4) is 0 Å². The lowest BCUT2D eigenvalue weighted by Crippen LogP contribution is -2.27. The van der Waals surface area contributed by atoms with Gasteiger partial charge in [-0.05, 0) is 68.4 Å². The van der Waals surface area contributed by atoms with E-state index in [-0.39, 0.29) is 11.9 Å². The zero-order valence-corrected chi connectivity index (χ0v) is 20.2. The number of urea groups is 1. The van der Waals surface area contributed by atoms with Crippen LogP contribution in [0.2, 0.25) is 0 Å². The van der Waals surface area contributed by atoms with Crippen molar-refractivity contribution in [3.8, 4) is 0 Å². The van der Waals surface area contributed by atoms with E-state index in [0.717, 1.165) is 25.3 Å². The molecular formula is C24H31Cl2N5O2. The SMILES string of the molecule is O=C(CCN1CCCC1)Nc1cccc(NC(=O)Nc2ccc(N(CCCl)CCCl)cc2)c1. The summed E-state index contributed by atoms with van der Waals surface area (Å²) in [6.07, 6.45) is 2.88. The lowest BCUT2D eigenvalue weighted by molar-refractivity contribution is -0.116. The summed E-state index contributed by atoms with van der Waals surface area (Å²) >= 11 is 11.7. The molecule has 2 aromatic rings. The summed E-state index contributed by atoms with van der Waals surface area (Å²) in [4.78, 5) is 29.1. The summed E-state index contributed by atoms with van der Waals surface area (Å²) in [7, 11) is 0. The van der Waals surface area contributed by atoms with Gasteiger partial charge in [-0.15, -0.1) is 23.2 Å². The molecule has 0 saturated carbocycles. The number of hydrogen-bond donors (Lipinski definition) is 3. The minimum Gasteiger partial charge on any atom is -0.369 e. The summed E-state index contributed by atoms with van der Waals surface area (Å²) in [5.41, 5.74) is 2.91. The van der Waals surface area contributed by atoms with E-state index in [9.17, 15) is 9.59 Å². The number of carbonyl (C=O) groups is 2. The third kappa shape index (κ3) is 8.42. The predicted molar refractivity (Wildman–Crippen MR) is 138 cm³/mol. The van der Waals surface area contributed by atoms with Crippen LogP contribution in [0.4, 0.5) is 27.5 Å². The van der Waals surface area contributed by atoms with Crippen LogP contribution in [-0.4, -0.2) is 61.3 Å². The van der Waals surface area contributed by atoms with Gasteiger partial charge in [-0.3, -0.25) is 4.79 Å². The molecule has 7 nitrogen and oxygen atoms in total. The Labute approximate surface area is 205 Å². The third-order valence-corrected chi connectivity index (χ3v) is 5.80. The highest BCUT2D eigenvalue weighted by Gasteiger charge is 2.13. The molecule has 1 aliphatic rings. The number of alkyl halides is 2. The van der Waals surface area contributed by atoms with Gasteiger partial charge >= 0.3 is 6.03 Å². The van der Waals surface area contributed by atoms with Crippen LogP contribution in [0.15, 0.2) is 48.5 Å². The van der Waals surface area contributed by atoms with Crippen molar-refractivity contribution in [2.45, 2.75) is 19.3 Å². The van der Waals surface area contributed by atoms with E-state index in [4.69, 9.17) is 23.2 Å². The average molecular weight is 492 g/mol. The average Bonchev–Trinajstić information content (AvgIpc) is 3.32. The lowest BCUT2D eigenvalue weighted by Gasteiger charge is -2.23. The van der Waals surface area contributed by atoms with Gasteiger partial charge in [0, 0.05) is 60.6 Å². The van der Waals surface area contributed by atoms with Crippen molar-refractivity contribution in [1.29, 1.82) is 0 Å². The largest absolute Gasteiger partial charge is 0.369 e. The molecule has 33 heavy (non-hydrogen) atoms. The Kier molecular flexibility index (Phi) is 10.1. The molecular weight excluding hydrogens is 461 g/mol. The molecule has 1 fully saturated rings. The molecule has 0 bridgehead atoms. The number of hydrogen-bond acceptors (Lipinski definition) is 4. The fraction of sp³-hybridized carbons (Fsp3) is 0.417. The molecule has 0 aliphatic carbocycles. The molecule has 0 unspecified atom stereocenters. The van der Waals surface area contributed by atoms with Gasteiger partial charge in [-0.1, -0.05) is 6.07 Å². The number of halogens is 2. The second-order valence-corrected chi connectivity index (χ2v) is 8.67. The number of anilines is 4. The van der Waals surface area contributed by atoms with Gasteiger partial charge in [0.25, 0.3) is 0 Å². The van der Waals surface area contributed by atoms with Gasteiger partial charge in [-0.25, -0.2) is 4.79 Å². The fourth-order valence-electron chi connectivity index (χ4n) is 3.79. The minimum absolute atomic E-state index is 0.0269. The van der Waals surface area contributed by atoms with Gasteiger partial charge in [-0.2, -0.15) is 0 Å². The smallest absolute Gasteiger partial charge is 0.323 e. The molecule has 0 radical (unpaired) electrons. The van der Waals surface area contributed by atoms with Crippen LogP contribution in [0.1, 0.15) is 19.3 Å². The zero-order chi connectivity index (χ0) is 23.5. The lowest BCUT2D eigenvalue weighted by atomic mass is 10.2. The second kappa shape index (κ2) is 13.3. The Balaban J connectivity index is 1.49. The molecule has 9 heteroatoms. The molecule has 0 spiro atoms. The maximum Gasteiger partial charge on any atom is 0.323 e. The summed E-state index contributed by atoms with van der Waals surface area (Å²) in [5.74, 6) is 0.995. The Morgan fingerprint density at radius 1 is 0.848 bits per heavy atom. The van der Waals surface area contributed by atoms with E-state index in [0.29, 0.717) is 48.3 Å². The molecule has 1 saturated heterocycles. The van der Waals surface area contributed by atoms with Crippen molar-refractivity contribution >= 4 is 57.9 Å². The number of amides is 3. The van der Waals surface area contributed by atoms with Crippen molar-refractivity contribution in [1.82, 2.24) is 4.90 Å². The summed E-state index contributed by atoms with van der Waals surface area (Å²) in [6, 6.07) is 14.3. The zero-order valence-electron chi connectivity index (χ0n) is 18.7. The monoisotopic (exact) mass is 491 g/mol. The van der Waals surface area contributed by atoms with Crippen LogP contribution in [0.25, 0.3) is 0 Å². The first-order valence-corrected chi connectivity index (χ1v) is 12.3. The Morgan fingerprint density at radius 2 is 1.45 bits per heavy atom. The summed E-state index contributed by atoms with van der Waals surface area (Å²) in [5, 5.41) is 8.53. The number of rotatable bonds is 11. The molecule has 0 atom stereocenters. The van der Waals surface area contributed by atoms with Crippen molar-refractivity contribution in [2.24, 2.45) is 0 Å². The van der Waals surface area contributed by atoms with Crippen LogP contribution in [0, 0.1) is 0 Å². The molecule has 0 aromatic heterocycles. The van der Waals surface area contributed by atoms with Crippen molar-refractivity contribution < 1.29 is 9.59 Å². The maximum atomic E-state index is 12.4. The van der Waals surface area contributed by atoms with E-state index >= 15 is 0 Å². The Morgan fingerprint density at radius 3 is 2.09 bits per heavy atom. The van der Waals surface area contributed by atoms with E-state index in [1.54, 1.807) is 18.2 Å². The van der Waals surface area contributed by atoms with Crippen LogP contribution in [0.5, 0.6) is 0 Å². The molecule has 3 rings (SSSR count). The number of nitrogens with one attached hydrogen (secondary N) is 3. The highest BCUT2D eigenvalue weighted by Crippen LogP contribution is 2.20. The van der Waals surface area contributed by atoms with Crippen LogP contribution in [-0.2, 0) is 4.79 Å². The van der Waals surface area contributed by atoms with Crippen LogP contribution >= 0.6 is 23.2 Å². The first-order valence-electron chi connectivity index (χ1n) is 11.2. The van der Waals surface area contributed by atoms with E-state index in [2.05, 4.69) is 25.8 Å². The third-order valence-electron chi connectivity index (χ3n) is 5.46. The van der Waals surface area contributed by atoms with E-state index < -0.39 is 0 Å². The normalized spacial score (nSPS) is 13.5. The minimum atomic E-state index is -0.362. The molecule has 1 heterocycles. The van der Waals surface area contributed by atoms with Gasteiger partial charge in [0.15, 0.2) is 0 Å². The Bertz CT molecular complexity index is 898. The van der Waals surface area contributed by atoms with Crippen molar-refractivity contribution in [3.63, 3.8) is 0 Å². The molecule has 3 N–H and O–H groups in total. The van der Waals surface area contributed by atoms with Crippen molar-refractivity contribution in [2.75, 3.05) is 65.3 Å². The molecule has 2 aromatic carbocycles. The van der Waals surface area contributed by atoms with Gasteiger partial charge in [0.2, 0.25) is 5.91 Å². The second-order valence-electron chi connectivity index (χ2n) is 7.92. The topological polar surface area (TPSA) is 76.7 Å². The van der Waals surface area contributed by atoms with Gasteiger partial charge < -0.3 is 25.8 Å². The molecule has 178 valence electrons.